The van der Waals surface area contributed by atoms with Crippen molar-refractivity contribution in [1.82, 2.24) is 20.1 Å². The van der Waals surface area contributed by atoms with E-state index in [1.165, 1.54) is 0 Å². The predicted octanol–water partition coefficient (Wildman–Crippen LogP) is 1.55. The minimum atomic E-state index is 0.167. The average Bonchev–Trinajstić information content (AvgIpc) is 2.92. The lowest BCUT2D eigenvalue weighted by Gasteiger charge is -2.32. The van der Waals surface area contributed by atoms with Gasteiger partial charge < -0.3 is 10.1 Å². The van der Waals surface area contributed by atoms with Crippen LogP contribution < -0.4 is 5.32 Å². The number of morpholine rings is 1. The summed E-state index contributed by atoms with van der Waals surface area (Å²) in [6.45, 7) is 6.31. The number of hydrogen-bond acceptors (Lipinski definition) is 7. The molecule has 2 aromatic heterocycles. The van der Waals surface area contributed by atoms with E-state index in [1.54, 1.807) is 17.5 Å². The second-order valence-corrected chi connectivity index (χ2v) is 6.14. The van der Waals surface area contributed by atoms with Crippen molar-refractivity contribution in [2.45, 2.75) is 19.6 Å². The molecule has 1 saturated heterocycles. The third-order valence-electron chi connectivity index (χ3n) is 3.36. The van der Waals surface area contributed by atoms with E-state index in [1.807, 2.05) is 19.1 Å². The number of nitrogens with one attached hydrogen (secondary N) is 1. The summed E-state index contributed by atoms with van der Waals surface area (Å²) in [6, 6.07) is 3.78. The van der Waals surface area contributed by atoms with Gasteiger partial charge in [0, 0.05) is 37.8 Å². The molecule has 0 aromatic carbocycles. The Morgan fingerprint density at radius 1 is 1.52 bits per heavy atom. The van der Waals surface area contributed by atoms with E-state index in [2.05, 4.69) is 30.8 Å². The first-order chi connectivity index (χ1) is 10.3. The number of aromatic nitrogens is 3. The SMILES string of the molecule is Cc1nc(CN2CCO[C@H](CNc3cccnn3)C2)cs1. The van der Waals surface area contributed by atoms with Gasteiger partial charge in [0.15, 0.2) is 0 Å². The van der Waals surface area contributed by atoms with E-state index in [0.717, 1.165) is 49.3 Å². The highest BCUT2D eigenvalue weighted by Gasteiger charge is 2.21. The third kappa shape index (κ3) is 4.20. The molecule has 112 valence electrons. The van der Waals surface area contributed by atoms with Gasteiger partial charge in [0.1, 0.15) is 5.82 Å². The quantitative estimate of drug-likeness (QED) is 0.904. The Kier molecular flexibility index (Phi) is 4.74. The minimum absolute atomic E-state index is 0.167. The van der Waals surface area contributed by atoms with Crippen molar-refractivity contribution < 1.29 is 4.74 Å². The highest BCUT2D eigenvalue weighted by Crippen LogP contribution is 2.13. The van der Waals surface area contributed by atoms with Gasteiger partial charge in [-0.15, -0.1) is 16.4 Å². The van der Waals surface area contributed by atoms with E-state index in [-0.39, 0.29) is 6.10 Å². The van der Waals surface area contributed by atoms with Gasteiger partial charge in [0.2, 0.25) is 0 Å². The lowest BCUT2D eigenvalue weighted by atomic mass is 10.2. The molecule has 2 aromatic rings. The van der Waals surface area contributed by atoms with E-state index < -0.39 is 0 Å². The van der Waals surface area contributed by atoms with Crippen LogP contribution in [0.3, 0.4) is 0 Å². The molecule has 1 aliphatic rings. The van der Waals surface area contributed by atoms with Crippen LogP contribution in [0.2, 0.25) is 0 Å². The number of thiazole rings is 1. The normalized spacial score (nSPS) is 19.6. The van der Waals surface area contributed by atoms with Crippen LogP contribution in [0.4, 0.5) is 5.82 Å². The molecule has 21 heavy (non-hydrogen) atoms. The maximum atomic E-state index is 5.80. The van der Waals surface area contributed by atoms with Crippen molar-refractivity contribution in [3.8, 4) is 0 Å². The molecule has 7 heteroatoms. The zero-order valence-corrected chi connectivity index (χ0v) is 12.8. The van der Waals surface area contributed by atoms with Gasteiger partial charge in [0.05, 0.1) is 23.4 Å². The van der Waals surface area contributed by atoms with Crippen LogP contribution >= 0.6 is 11.3 Å². The maximum absolute atomic E-state index is 5.80. The number of aryl methyl sites for hydroxylation is 1. The van der Waals surface area contributed by atoms with Gasteiger partial charge in [-0.05, 0) is 19.1 Å². The largest absolute Gasteiger partial charge is 0.374 e. The van der Waals surface area contributed by atoms with E-state index in [0.29, 0.717) is 0 Å². The highest BCUT2D eigenvalue weighted by molar-refractivity contribution is 7.09. The minimum Gasteiger partial charge on any atom is -0.374 e. The molecule has 1 atom stereocenters. The fourth-order valence-electron chi connectivity index (χ4n) is 2.37. The molecular formula is C14H19N5OS. The van der Waals surface area contributed by atoms with Gasteiger partial charge in [-0.25, -0.2) is 4.98 Å². The standard InChI is InChI=1S/C14H19N5OS/c1-11-17-12(10-21-11)8-19-5-6-20-13(9-19)7-15-14-3-2-4-16-18-14/h2-4,10,13H,5-9H2,1H3,(H,15,18)/t13-/m1/s1. The summed E-state index contributed by atoms with van der Waals surface area (Å²) in [6.07, 6.45) is 1.83. The molecule has 6 nitrogen and oxygen atoms in total. The maximum Gasteiger partial charge on any atom is 0.148 e. The van der Waals surface area contributed by atoms with Crippen LogP contribution in [0.25, 0.3) is 0 Å². The van der Waals surface area contributed by atoms with Crippen LogP contribution in [0, 0.1) is 6.92 Å². The molecule has 0 amide bonds. The second-order valence-electron chi connectivity index (χ2n) is 5.08. The molecule has 1 aliphatic heterocycles. The molecule has 1 fully saturated rings. The molecule has 0 radical (unpaired) electrons. The highest BCUT2D eigenvalue weighted by atomic mass is 32.1. The fourth-order valence-corrected chi connectivity index (χ4v) is 2.98. The van der Waals surface area contributed by atoms with Gasteiger partial charge in [-0.3, -0.25) is 4.90 Å². The fraction of sp³-hybridized carbons (Fsp3) is 0.500. The van der Waals surface area contributed by atoms with Crippen LogP contribution in [-0.4, -0.2) is 52.4 Å². The van der Waals surface area contributed by atoms with Crippen molar-refractivity contribution in [3.63, 3.8) is 0 Å². The monoisotopic (exact) mass is 305 g/mol. The van der Waals surface area contributed by atoms with Crippen LogP contribution in [-0.2, 0) is 11.3 Å². The van der Waals surface area contributed by atoms with Crippen molar-refractivity contribution in [1.29, 1.82) is 0 Å². The Morgan fingerprint density at radius 2 is 2.48 bits per heavy atom. The zero-order valence-electron chi connectivity index (χ0n) is 12.0. The Balaban J connectivity index is 1.49. The first-order valence-electron chi connectivity index (χ1n) is 7.06. The van der Waals surface area contributed by atoms with E-state index >= 15 is 0 Å². The molecule has 0 aliphatic carbocycles. The topological polar surface area (TPSA) is 63.2 Å². The summed E-state index contributed by atoms with van der Waals surface area (Å²) in [5.41, 5.74) is 1.15. The smallest absolute Gasteiger partial charge is 0.148 e. The first kappa shape index (κ1) is 14.4. The summed E-state index contributed by atoms with van der Waals surface area (Å²) in [5.74, 6) is 0.786. The molecule has 3 rings (SSSR count). The summed E-state index contributed by atoms with van der Waals surface area (Å²) in [4.78, 5) is 6.92. The predicted molar refractivity (Wildman–Crippen MR) is 82.4 cm³/mol. The van der Waals surface area contributed by atoms with Crippen molar-refractivity contribution >= 4 is 17.2 Å². The molecule has 0 unspecified atom stereocenters. The second kappa shape index (κ2) is 6.93. The van der Waals surface area contributed by atoms with Gasteiger partial charge >= 0.3 is 0 Å². The van der Waals surface area contributed by atoms with Crippen LogP contribution in [0.15, 0.2) is 23.7 Å². The lowest BCUT2D eigenvalue weighted by Crippen LogP contribution is -2.44. The van der Waals surface area contributed by atoms with Gasteiger partial charge in [-0.2, -0.15) is 5.10 Å². The van der Waals surface area contributed by atoms with E-state index in [9.17, 15) is 0 Å². The summed E-state index contributed by atoms with van der Waals surface area (Å²) >= 11 is 1.70. The van der Waals surface area contributed by atoms with Gasteiger partial charge in [-0.1, -0.05) is 0 Å². The Hall–Kier alpha value is -1.57. The van der Waals surface area contributed by atoms with Crippen LogP contribution in [0.1, 0.15) is 10.7 Å². The number of rotatable bonds is 5. The molecule has 0 bridgehead atoms. The molecule has 0 spiro atoms. The van der Waals surface area contributed by atoms with Crippen LogP contribution in [0.5, 0.6) is 0 Å². The van der Waals surface area contributed by atoms with E-state index in [4.69, 9.17) is 4.74 Å². The molecule has 1 N–H and O–H groups in total. The Labute approximate surface area is 128 Å². The van der Waals surface area contributed by atoms with Crippen molar-refractivity contribution in [2.75, 3.05) is 31.6 Å². The summed E-state index contributed by atoms with van der Waals surface area (Å²) < 4.78 is 5.80. The van der Waals surface area contributed by atoms with Crippen molar-refractivity contribution in [3.05, 3.63) is 34.4 Å². The third-order valence-corrected chi connectivity index (χ3v) is 4.18. The Morgan fingerprint density at radius 3 is 3.24 bits per heavy atom. The first-order valence-corrected chi connectivity index (χ1v) is 7.94. The zero-order chi connectivity index (χ0) is 14.5. The average molecular weight is 305 g/mol. The van der Waals surface area contributed by atoms with Gasteiger partial charge in [0.25, 0.3) is 0 Å². The lowest BCUT2D eigenvalue weighted by molar-refractivity contribution is -0.0244. The number of ether oxygens (including phenoxy) is 1. The number of hydrogen-bond donors (Lipinski definition) is 1. The molecular weight excluding hydrogens is 286 g/mol. The summed E-state index contributed by atoms with van der Waals surface area (Å²) in [7, 11) is 0. The number of nitrogens with zero attached hydrogens (tertiary/aromatic N) is 4. The molecule has 0 saturated carbocycles. The van der Waals surface area contributed by atoms with Crippen molar-refractivity contribution in [2.24, 2.45) is 0 Å². The number of anilines is 1. The summed E-state index contributed by atoms with van der Waals surface area (Å²) in [5, 5.41) is 14.4. The Bertz CT molecular complexity index is 562. The molecule has 3 heterocycles.